The third-order valence-corrected chi connectivity index (χ3v) is 10.7. The largest absolute Gasteiger partial charge is 0.370 e. The maximum atomic E-state index is 7.74. The molecule has 0 N–H and O–H groups in total. The van der Waals surface area contributed by atoms with Gasteiger partial charge in [0.1, 0.15) is 0 Å². The molecule has 0 bridgehead atoms. The van der Waals surface area contributed by atoms with Crippen molar-refractivity contribution in [2.24, 2.45) is 0 Å². The van der Waals surface area contributed by atoms with Crippen LogP contribution in [0.3, 0.4) is 0 Å². The highest BCUT2D eigenvalue weighted by atomic mass is 15.1. The lowest BCUT2D eigenvalue weighted by atomic mass is 9.88. The molecule has 10 rings (SSSR count). The van der Waals surface area contributed by atoms with Crippen LogP contribution in [0.2, 0.25) is 0 Å². The Morgan fingerprint density at radius 2 is 0.586 bits per heavy atom. The Kier molecular flexibility index (Phi) is 8.49. The molecule has 1 aromatic heterocycles. The van der Waals surface area contributed by atoms with Crippen LogP contribution in [-0.2, 0) is 0 Å². The molecule has 0 saturated heterocycles. The Labute approximate surface area is 336 Å². The number of benzene rings is 8. The zero-order valence-electron chi connectivity index (χ0n) is 31.2. The number of nitrogens with zero attached hydrogens (tertiary/aromatic N) is 6. The molecule has 9 aromatic rings. The summed E-state index contributed by atoms with van der Waals surface area (Å²) in [7, 11) is 0. The molecule has 8 aromatic carbocycles. The molecule has 6 nitrogen and oxygen atoms in total. The summed E-state index contributed by atoms with van der Waals surface area (Å²) in [5.74, 6) is 0.0425. The van der Waals surface area contributed by atoms with Gasteiger partial charge in [0, 0.05) is 50.6 Å². The van der Waals surface area contributed by atoms with Gasteiger partial charge in [-0.05, 0) is 113 Å². The number of hydrogen-bond donors (Lipinski definition) is 0. The number of rotatable bonds is 8. The first-order valence-corrected chi connectivity index (χ1v) is 19.0. The number of hydrogen-bond acceptors (Lipinski definition) is 4. The van der Waals surface area contributed by atoms with Gasteiger partial charge in [-0.2, -0.15) is 0 Å². The van der Waals surface area contributed by atoms with E-state index in [0.717, 1.165) is 78.3 Å². The Balaban J connectivity index is 1.14. The fraction of sp³-hybridized carbons (Fsp3) is 0. The van der Waals surface area contributed by atoms with Gasteiger partial charge in [0.2, 0.25) is 11.4 Å². The van der Waals surface area contributed by atoms with Crippen LogP contribution >= 0.6 is 0 Å². The molecule has 58 heavy (non-hydrogen) atoms. The molecule has 0 aliphatic heterocycles. The van der Waals surface area contributed by atoms with E-state index < -0.39 is 0 Å². The summed E-state index contributed by atoms with van der Waals surface area (Å²) in [6, 6.07) is 67.6. The van der Waals surface area contributed by atoms with Crippen LogP contribution in [0.5, 0.6) is 0 Å². The van der Waals surface area contributed by atoms with Crippen molar-refractivity contribution in [1.29, 1.82) is 0 Å². The summed E-state index contributed by atoms with van der Waals surface area (Å²) in [6.07, 6.45) is 0. The van der Waals surface area contributed by atoms with Gasteiger partial charge in [0.15, 0.2) is 0 Å². The molecule has 1 heterocycles. The highest BCUT2D eigenvalue weighted by Crippen LogP contribution is 2.52. The van der Waals surface area contributed by atoms with Crippen molar-refractivity contribution in [3.63, 3.8) is 0 Å². The number of anilines is 6. The fourth-order valence-electron chi connectivity index (χ4n) is 8.10. The molecular formula is C52H32N6. The first-order valence-electron chi connectivity index (χ1n) is 19.0. The van der Waals surface area contributed by atoms with E-state index in [4.69, 9.17) is 23.1 Å². The van der Waals surface area contributed by atoms with Gasteiger partial charge < -0.3 is 19.5 Å². The van der Waals surface area contributed by atoms with Gasteiger partial charge >= 0.3 is 0 Å². The maximum Gasteiger partial charge on any atom is 0.294 e. The Morgan fingerprint density at radius 3 is 0.897 bits per heavy atom. The summed E-state index contributed by atoms with van der Waals surface area (Å²) in [4.78, 5) is 21.1. The average Bonchev–Trinajstić information content (AvgIpc) is 3.61. The van der Waals surface area contributed by atoms with Gasteiger partial charge in [0.05, 0.1) is 0 Å². The lowest BCUT2D eigenvalue weighted by molar-refractivity contribution is 1.27. The van der Waals surface area contributed by atoms with Gasteiger partial charge in [-0.25, -0.2) is 0 Å². The van der Waals surface area contributed by atoms with E-state index in [0.29, 0.717) is 11.4 Å². The highest BCUT2D eigenvalue weighted by molar-refractivity contribution is 6.21. The monoisotopic (exact) mass is 740 g/mol. The zero-order chi connectivity index (χ0) is 39.0. The summed E-state index contributed by atoms with van der Waals surface area (Å²) in [5.41, 5.74) is 13.7. The SMILES string of the molecule is [C-]#[N+]c1nc2c(nc1[N+]#[C-])-c1ccc(-c3ccc(N(c4ccccc4)c4ccccc4)cc3)c3c(-c4ccc(N(c5ccccc5)c5ccccc5)cc4)ccc-2c13. The van der Waals surface area contributed by atoms with Crippen LogP contribution in [0.4, 0.5) is 45.8 Å². The van der Waals surface area contributed by atoms with Crippen molar-refractivity contribution >= 4 is 56.5 Å². The Bertz CT molecular complexity index is 2760. The first kappa shape index (κ1) is 34.2. The van der Waals surface area contributed by atoms with E-state index in [-0.39, 0.29) is 11.6 Å². The average molecular weight is 741 g/mol. The van der Waals surface area contributed by atoms with E-state index in [1.165, 1.54) is 0 Å². The minimum atomic E-state index is 0.0213. The van der Waals surface area contributed by atoms with Crippen molar-refractivity contribution in [3.05, 3.63) is 217 Å². The number of aromatic nitrogens is 2. The lowest BCUT2D eigenvalue weighted by Crippen LogP contribution is -2.09. The Morgan fingerprint density at radius 1 is 0.310 bits per heavy atom. The minimum absolute atomic E-state index is 0.0213. The normalized spacial score (nSPS) is 11.1. The van der Waals surface area contributed by atoms with Crippen LogP contribution in [0.25, 0.3) is 65.2 Å². The minimum Gasteiger partial charge on any atom is -0.370 e. The second kappa shape index (κ2) is 14.4. The maximum absolute atomic E-state index is 7.74. The van der Waals surface area contributed by atoms with E-state index in [2.05, 4.69) is 189 Å². The standard InChI is InChI=1S/C52H32N6/c1-53-51-52(54-2)56-50-46-34-32-44(36-25-29-42(30-26-36)58(39-19-11-5-12-20-39)40-21-13-6-14-22-40)47-43(31-33-45(48(46)47)49(50)55-51)35-23-27-41(28-24-35)57(37-15-7-3-8-16-37)38-17-9-4-10-18-38/h3-34H. The molecule has 6 heteroatoms. The molecule has 0 atom stereocenters. The molecule has 1 aliphatic carbocycles. The van der Waals surface area contributed by atoms with Gasteiger partial charge in [-0.15, -0.1) is 9.97 Å². The second-order valence-corrected chi connectivity index (χ2v) is 14.0. The topological polar surface area (TPSA) is 41.0 Å². The van der Waals surface area contributed by atoms with Crippen LogP contribution in [0, 0.1) is 13.1 Å². The first-order chi connectivity index (χ1) is 28.7. The second-order valence-electron chi connectivity index (χ2n) is 14.0. The number of fused-ring (bicyclic) bond motifs is 3. The third kappa shape index (κ3) is 5.81. The van der Waals surface area contributed by atoms with E-state index in [1.54, 1.807) is 0 Å². The van der Waals surface area contributed by atoms with Crippen LogP contribution in [0.1, 0.15) is 0 Å². The van der Waals surface area contributed by atoms with Gasteiger partial charge in [-0.3, -0.25) is 0 Å². The molecule has 0 unspecified atom stereocenters. The summed E-state index contributed by atoms with van der Waals surface area (Å²) in [6.45, 7) is 15.5. The van der Waals surface area contributed by atoms with E-state index >= 15 is 0 Å². The summed E-state index contributed by atoms with van der Waals surface area (Å²) < 4.78 is 0. The van der Waals surface area contributed by atoms with Crippen LogP contribution < -0.4 is 9.80 Å². The molecule has 1 aliphatic rings. The third-order valence-electron chi connectivity index (χ3n) is 10.7. The predicted molar refractivity (Wildman–Crippen MR) is 237 cm³/mol. The smallest absolute Gasteiger partial charge is 0.294 e. The van der Waals surface area contributed by atoms with Crippen molar-refractivity contribution in [1.82, 2.24) is 9.97 Å². The lowest BCUT2D eigenvalue weighted by Gasteiger charge is -2.26. The molecule has 0 saturated carbocycles. The molecule has 0 fully saturated rings. The predicted octanol–water partition coefficient (Wildman–Crippen LogP) is 14.7. The van der Waals surface area contributed by atoms with Crippen LogP contribution in [0.15, 0.2) is 194 Å². The van der Waals surface area contributed by atoms with Crippen molar-refractivity contribution in [2.45, 2.75) is 0 Å². The fourth-order valence-corrected chi connectivity index (χ4v) is 8.10. The quantitative estimate of drug-likeness (QED) is 0.145. The van der Waals surface area contributed by atoms with E-state index in [1.807, 2.05) is 24.3 Å². The zero-order valence-corrected chi connectivity index (χ0v) is 31.2. The van der Waals surface area contributed by atoms with E-state index in [9.17, 15) is 0 Å². The molecule has 0 radical (unpaired) electrons. The molecule has 0 amide bonds. The molecular weight excluding hydrogens is 709 g/mol. The van der Waals surface area contributed by atoms with Crippen molar-refractivity contribution in [3.8, 4) is 44.8 Å². The van der Waals surface area contributed by atoms with Gasteiger partial charge in [0.25, 0.3) is 11.6 Å². The molecule has 0 spiro atoms. The Hall–Kier alpha value is -8.32. The van der Waals surface area contributed by atoms with Crippen molar-refractivity contribution in [2.75, 3.05) is 9.80 Å². The van der Waals surface area contributed by atoms with Crippen LogP contribution in [-0.4, -0.2) is 9.97 Å². The number of para-hydroxylation sites is 4. The molecule has 270 valence electrons. The summed E-state index contributed by atoms with van der Waals surface area (Å²) in [5, 5.41) is 2.08. The summed E-state index contributed by atoms with van der Waals surface area (Å²) >= 11 is 0. The van der Waals surface area contributed by atoms with Gasteiger partial charge in [-0.1, -0.05) is 122 Å². The van der Waals surface area contributed by atoms with Crippen molar-refractivity contribution < 1.29 is 0 Å². The highest BCUT2D eigenvalue weighted by Gasteiger charge is 2.33.